The number of anilines is 5. The smallest absolute Gasteiger partial charge is 0.229 e. The fraction of sp³-hybridized carbons (Fsp3) is 0.429. The van der Waals surface area contributed by atoms with Crippen molar-refractivity contribution in [2.75, 3.05) is 79.6 Å². The lowest BCUT2D eigenvalue weighted by Crippen LogP contribution is -2.56. The summed E-state index contributed by atoms with van der Waals surface area (Å²) >= 11 is 0. The number of nitrogens with one attached hydrogen (secondary N) is 2. The Bertz CT molecular complexity index is 1310. The van der Waals surface area contributed by atoms with Crippen LogP contribution in [0.3, 0.4) is 0 Å². The van der Waals surface area contributed by atoms with E-state index in [4.69, 9.17) is 9.47 Å². The molecule has 0 radical (unpaired) electrons. The van der Waals surface area contributed by atoms with E-state index in [9.17, 15) is 4.21 Å². The molecule has 208 valence electrons. The highest BCUT2D eigenvalue weighted by atomic mass is 32.2. The molecular weight excluding hydrogens is 514 g/mol. The lowest BCUT2D eigenvalue weighted by Gasteiger charge is -2.43. The van der Waals surface area contributed by atoms with Crippen LogP contribution in [-0.2, 0) is 22.3 Å². The molecule has 0 saturated carbocycles. The highest BCUT2D eigenvalue weighted by Gasteiger charge is 2.29. The average Bonchev–Trinajstić information content (AvgIpc) is 2.92. The van der Waals surface area contributed by atoms with Crippen molar-refractivity contribution in [3.63, 3.8) is 0 Å². The van der Waals surface area contributed by atoms with Crippen molar-refractivity contribution in [3.8, 4) is 5.75 Å². The Kier molecular flexibility index (Phi) is 8.49. The first-order valence-electron chi connectivity index (χ1n) is 13.2. The van der Waals surface area contributed by atoms with Gasteiger partial charge in [0, 0.05) is 64.0 Å². The van der Waals surface area contributed by atoms with Crippen molar-refractivity contribution >= 4 is 39.8 Å². The van der Waals surface area contributed by atoms with Crippen LogP contribution in [0, 0.1) is 6.92 Å². The Morgan fingerprint density at radius 2 is 1.92 bits per heavy atom. The SMILES string of the molecule is COc1cc(N2CCN(C3COC3)CC2)ccc1Nc1nccc(NCc2ccc(C)cc2N(C)S(C)=O)n1. The first kappa shape index (κ1) is 27.2. The molecule has 1 unspecified atom stereocenters. The molecule has 0 spiro atoms. The first-order chi connectivity index (χ1) is 18.9. The molecule has 1 aromatic heterocycles. The maximum absolute atomic E-state index is 12.1. The van der Waals surface area contributed by atoms with Crippen LogP contribution >= 0.6 is 0 Å². The van der Waals surface area contributed by atoms with Gasteiger partial charge in [0.25, 0.3) is 0 Å². The summed E-state index contributed by atoms with van der Waals surface area (Å²) in [5, 5.41) is 6.68. The second-order valence-corrected chi connectivity index (χ2v) is 11.3. The summed E-state index contributed by atoms with van der Waals surface area (Å²) in [5.74, 6) is 1.90. The summed E-state index contributed by atoms with van der Waals surface area (Å²) in [6.45, 7) is 8.33. The van der Waals surface area contributed by atoms with Gasteiger partial charge < -0.3 is 25.0 Å². The molecule has 2 fully saturated rings. The Morgan fingerprint density at radius 1 is 1.13 bits per heavy atom. The normalized spacial score (nSPS) is 16.9. The zero-order valence-corrected chi connectivity index (χ0v) is 23.8. The molecule has 2 aliphatic rings. The number of hydrogen-bond donors (Lipinski definition) is 2. The zero-order chi connectivity index (χ0) is 27.4. The molecule has 2 aliphatic heterocycles. The minimum Gasteiger partial charge on any atom is -0.494 e. The predicted octanol–water partition coefficient (Wildman–Crippen LogP) is 3.40. The van der Waals surface area contributed by atoms with Gasteiger partial charge in [0.1, 0.15) is 22.6 Å². The number of nitrogens with zero attached hydrogens (tertiary/aromatic N) is 5. The maximum atomic E-state index is 12.1. The van der Waals surface area contributed by atoms with Crippen molar-refractivity contribution < 1.29 is 13.7 Å². The summed E-state index contributed by atoms with van der Waals surface area (Å²) in [6.07, 6.45) is 3.39. The van der Waals surface area contributed by atoms with Crippen LogP contribution < -0.4 is 24.6 Å². The summed E-state index contributed by atoms with van der Waals surface area (Å²) in [7, 11) is 2.40. The van der Waals surface area contributed by atoms with E-state index in [1.54, 1.807) is 23.9 Å². The zero-order valence-electron chi connectivity index (χ0n) is 23.0. The van der Waals surface area contributed by atoms with E-state index >= 15 is 0 Å². The number of aromatic nitrogens is 2. The second kappa shape index (κ2) is 12.2. The molecule has 1 atom stereocenters. The third kappa shape index (κ3) is 6.43. The molecule has 11 heteroatoms. The highest BCUT2D eigenvalue weighted by Crippen LogP contribution is 2.32. The Balaban J connectivity index is 1.24. The van der Waals surface area contributed by atoms with Crippen LogP contribution in [0.25, 0.3) is 0 Å². The molecule has 0 bridgehead atoms. The molecule has 5 rings (SSSR count). The summed E-state index contributed by atoms with van der Waals surface area (Å²) in [6, 6.07) is 14.8. The molecule has 2 saturated heterocycles. The van der Waals surface area contributed by atoms with Crippen LogP contribution in [0.2, 0.25) is 0 Å². The molecule has 10 nitrogen and oxygen atoms in total. The van der Waals surface area contributed by atoms with Crippen molar-refractivity contribution in [2.45, 2.75) is 19.5 Å². The monoisotopic (exact) mass is 551 g/mol. The first-order valence-corrected chi connectivity index (χ1v) is 14.7. The molecule has 3 heterocycles. The quantitative estimate of drug-likeness (QED) is 0.393. The van der Waals surface area contributed by atoms with E-state index in [-0.39, 0.29) is 0 Å². The van der Waals surface area contributed by atoms with Crippen LogP contribution in [0.4, 0.5) is 28.8 Å². The van der Waals surface area contributed by atoms with Gasteiger partial charge >= 0.3 is 0 Å². The third-order valence-corrected chi connectivity index (χ3v) is 8.30. The predicted molar refractivity (Wildman–Crippen MR) is 158 cm³/mol. The van der Waals surface area contributed by atoms with E-state index in [0.717, 1.165) is 73.3 Å². The Hall–Kier alpha value is -3.41. The van der Waals surface area contributed by atoms with Crippen molar-refractivity contribution in [1.29, 1.82) is 0 Å². The van der Waals surface area contributed by atoms with Gasteiger partial charge in [-0.15, -0.1) is 0 Å². The number of piperazine rings is 1. The number of methoxy groups -OCH3 is 1. The molecule has 0 aliphatic carbocycles. The summed E-state index contributed by atoms with van der Waals surface area (Å²) < 4.78 is 24.9. The van der Waals surface area contributed by atoms with Gasteiger partial charge in [-0.25, -0.2) is 9.19 Å². The molecule has 0 amide bonds. The fourth-order valence-electron chi connectivity index (χ4n) is 4.84. The van der Waals surface area contributed by atoms with Gasteiger partial charge in [0.05, 0.1) is 37.7 Å². The standard InChI is InChI=1S/C28H37N7O3S/c1-20-5-6-21(25(15-20)33(2)39(4)36)17-30-27-9-10-29-28(32-27)31-24-8-7-22(16-26(24)37-3)34-11-13-35(14-12-34)23-18-38-19-23/h5-10,15-16,23H,11-14,17-19H2,1-4H3,(H2,29,30,31,32). The van der Waals surface area contributed by atoms with Crippen LogP contribution in [0.5, 0.6) is 5.75 Å². The van der Waals surface area contributed by atoms with Crippen LogP contribution in [0.15, 0.2) is 48.7 Å². The van der Waals surface area contributed by atoms with Gasteiger partial charge in [-0.1, -0.05) is 12.1 Å². The van der Waals surface area contributed by atoms with Gasteiger partial charge in [-0.3, -0.25) is 9.21 Å². The van der Waals surface area contributed by atoms with Gasteiger partial charge in [-0.05, 0) is 42.3 Å². The van der Waals surface area contributed by atoms with Crippen molar-refractivity contribution in [2.24, 2.45) is 0 Å². The second-order valence-electron chi connectivity index (χ2n) is 9.90. The minimum absolute atomic E-state index is 0.471. The van der Waals surface area contributed by atoms with Crippen LogP contribution in [-0.4, -0.2) is 84.9 Å². The van der Waals surface area contributed by atoms with Gasteiger partial charge in [-0.2, -0.15) is 4.98 Å². The van der Waals surface area contributed by atoms with E-state index < -0.39 is 11.0 Å². The molecule has 39 heavy (non-hydrogen) atoms. The third-order valence-electron chi connectivity index (χ3n) is 7.33. The molecule has 2 N–H and O–H groups in total. The summed E-state index contributed by atoms with van der Waals surface area (Å²) in [4.78, 5) is 14.0. The highest BCUT2D eigenvalue weighted by molar-refractivity contribution is 7.85. The number of hydrogen-bond acceptors (Lipinski definition) is 9. The molecule has 2 aromatic carbocycles. The maximum Gasteiger partial charge on any atom is 0.229 e. The fourth-order valence-corrected chi connectivity index (χ4v) is 5.28. The lowest BCUT2D eigenvalue weighted by atomic mass is 10.1. The Morgan fingerprint density at radius 3 is 2.62 bits per heavy atom. The largest absolute Gasteiger partial charge is 0.494 e. The molecule has 3 aromatic rings. The van der Waals surface area contributed by atoms with E-state index in [2.05, 4.69) is 54.7 Å². The number of ether oxygens (including phenoxy) is 2. The average molecular weight is 552 g/mol. The lowest BCUT2D eigenvalue weighted by molar-refractivity contribution is -0.0660. The van der Waals surface area contributed by atoms with E-state index in [1.165, 1.54) is 0 Å². The van der Waals surface area contributed by atoms with E-state index in [1.807, 2.05) is 32.2 Å². The van der Waals surface area contributed by atoms with Crippen molar-refractivity contribution in [1.82, 2.24) is 14.9 Å². The topological polar surface area (TPSA) is 95.1 Å². The minimum atomic E-state index is -1.11. The number of benzene rings is 2. The number of aryl methyl sites for hydroxylation is 1. The van der Waals surface area contributed by atoms with Gasteiger partial charge in [0.2, 0.25) is 5.95 Å². The van der Waals surface area contributed by atoms with E-state index in [0.29, 0.717) is 24.4 Å². The Labute approximate surface area is 232 Å². The van der Waals surface area contributed by atoms with Crippen LogP contribution in [0.1, 0.15) is 11.1 Å². The van der Waals surface area contributed by atoms with Crippen molar-refractivity contribution in [3.05, 3.63) is 59.8 Å². The number of rotatable bonds is 10. The van der Waals surface area contributed by atoms with Gasteiger partial charge in [0.15, 0.2) is 0 Å². The summed E-state index contributed by atoms with van der Waals surface area (Å²) in [5.41, 5.74) is 5.02. The molecular formula is C28H37N7O3S.